The summed E-state index contributed by atoms with van der Waals surface area (Å²) < 4.78 is 22.6. The van der Waals surface area contributed by atoms with Crippen molar-refractivity contribution in [2.45, 2.75) is 11.8 Å². The van der Waals surface area contributed by atoms with Crippen molar-refractivity contribution in [3.8, 4) is 11.4 Å². The van der Waals surface area contributed by atoms with Crippen LogP contribution in [0.25, 0.3) is 11.4 Å². The maximum atomic E-state index is 11.3. The molecule has 2 rings (SSSR count). The van der Waals surface area contributed by atoms with Crippen LogP contribution in [0, 0.1) is 6.92 Å². The van der Waals surface area contributed by atoms with Gasteiger partial charge in [0.15, 0.2) is 9.84 Å². The number of nitrogens with two attached hydrogens (primary N) is 1. The van der Waals surface area contributed by atoms with Gasteiger partial charge in [0.05, 0.1) is 16.3 Å². The predicted molar refractivity (Wildman–Crippen MR) is 67.5 cm³/mol. The molecule has 0 unspecified atom stereocenters. The van der Waals surface area contributed by atoms with Crippen molar-refractivity contribution >= 4 is 15.8 Å². The molecule has 94 valence electrons. The molecule has 2 heterocycles. The van der Waals surface area contributed by atoms with Gasteiger partial charge in [-0.1, -0.05) is 0 Å². The highest BCUT2D eigenvalue weighted by atomic mass is 32.2. The Kier molecular flexibility index (Phi) is 3.00. The number of aromatic nitrogens is 3. The summed E-state index contributed by atoms with van der Waals surface area (Å²) in [4.78, 5) is 12.3. The Morgan fingerprint density at radius 3 is 2.39 bits per heavy atom. The van der Waals surface area contributed by atoms with Gasteiger partial charge < -0.3 is 5.73 Å². The highest BCUT2D eigenvalue weighted by Crippen LogP contribution is 2.17. The van der Waals surface area contributed by atoms with Crippen LogP contribution in [0.5, 0.6) is 0 Å². The number of nitrogen functional groups attached to an aromatic ring is 1. The van der Waals surface area contributed by atoms with E-state index < -0.39 is 9.84 Å². The number of pyridine rings is 1. The lowest BCUT2D eigenvalue weighted by Crippen LogP contribution is -2.01. The first-order chi connectivity index (χ1) is 8.36. The lowest BCUT2D eigenvalue weighted by molar-refractivity contribution is 0.601. The van der Waals surface area contributed by atoms with Crippen molar-refractivity contribution in [2.24, 2.45) is 0 Å². The number of hydrogen-bond acceptors (Lipinski definition) is 6. The smallest absolute Gasteiger partial charge is 0.220 e. The van der Waals surface area contributed by atoms with Crippen molar-refractivity contribution in [1.29, 1.82) is 0 Å². The van der Waals surface area contributed by atoms with Gasteiger partial charge in [-0.2, -0.15) is 0 Å². The number of hydrogen-bond donors (Lipinski definition) is 1. The second kappa shape index (κ2) is 4.34. The minimum atomic E-state index is -3.24. The second-order valence-corrected chi connectivity index (χ2v) is 5.92. The minimum Gasteiger partial charge on any atom is -0.368 e. The summed E-state index contributed by atoms with van der Waals surface area (Å²) in [5.74, 6) is 0.166. The van der Waals surface area contributed by atoms with Gasteiger partial charge in [0, 0.05) is 18.1 Å². The van der Waals surface area contributed by atoms with Gasteiger partial charge in [0.25, 0.3) is 0 Å². The molecule has 0 aromatic carbocycles. The second-order valence-electron chi connectivity index (χ2n) is 3.90. The van der Waals surface area contributed by atoms with Crippen molar-refractivity contribution < 1.29 is 8.42 Å². The van der Waals surface area contributed by atoms with E-state index in [1.807, 2.05) is 0 Å². The number of anilines is 1. The van der Waals surface area contributed by atoms with Crippen LogP contribution in [0.1, 0.15) is 5.69 Å². The molecule has 0 aliphatic rings. The lowest BCUT2D eigenvalue weighted by atomic mass is 10.2. The molecule has 6 nitrogen and oxygen atoms in total. The van der Waals surface area contributed by atoms with Crippen LogP contribution in [-0.2, 0) is 9.84 Å². The van der Waals surface area contributed by atoms with Crippen LogP contribution < -0.4 is 5.73 Å². The van der Waals surface area contributed by atoms with E-state index in [1.54, 1.807) is 19.1 Å². The third kappa shape index (κ3) is 2.62. The van der Waals surface area contributed by atoms with Gasteiger partial charge in [0.1, 0.15) is 0 Å². The summed E-state index contributed by atoms with van der Waals surface area (Å²) >= 11 is 0. The number of aryl methyl sites for hydroxylation is 1. The molecular weight excluding hydrogens is 252 g/mol. The first kappa shape index (κ1) is 12.4. The third-order valence-corrected chi connectivity index (χ3v) is 3.40. The zero-order valence-electron chi connectivity index (χ0n) is 9.95. The standard InChI is InChI=1S/C11H12N4O2S/c1-7-5-10(15-11(12)14-7)9-4-3-8(6-13-9)18(2,16)17/h3-6H,1-2H3,(H2,12,14,15). The number of sulfone groups is 1. The average Bonchev–Trinajstić information content (AvgIpc) is 2.27. The minimum absolute atomic E-state index is 0.166. The largest absolute Gasteiger partial charge is 0.368 e. The third-order valence-electron chi connectivity index (χ3n) is 2.30. The Morgan fingerprint density at radius 2 is 1.89 bits per heavy atom. The van der Waals surface area contributed by atoms with Crippen molar-refractivity contribution in [3.63, 3.8) is 0 Å². The molecule has 2 aromatic rings. The first-order valence-corrected chi connectivity index (χ1v) is 7.03. The van der Waals surface area contributed by atoms with E-state index in [9.17, 15) is 8.42 Å². The molecule has 0 saturated carbocycles. The van der Waals surface area contributed by atoms with Crippen LogP contribution in [-0.4, -0.2) is 29.6 Å². The topological polar surface area (TPSA) is 98.8 Å². The molecule has 0 saturated heterocycles. The normalized spacial score (nSPS) is 11.4. The van der Waals surface area contributed by atoms with Gasteiger partial charge in [0.2, 0.25) is 5.95 Å². The molecule has 7 heteroatoms. The molecule has 0 spiro atoms. The summed E-state index contributed by atoms with van der Waals surface area (Å²) in [5, 5.41) is 0. The SMILES string of the molecule is Cc1cc(-c2ccc(S(C)(=O)=O)cn2)nc(N)n1. The van der Waals surface area contributed by atoms with Crippen LogP contribution in [0.2, 0.25) is 0 Å². The Morgan fingerprint density at radius 1 is 1.17 bits per heavy atom. The fraction of sp³-hybridized carbons (Fsp3) is 0.182. The van der Waals surface area contributed by atoms with Gasteiger partial charge in [-0.15, -0.1) is 0 Å². The molecule has 2 aromatic heterocycles. The summed E-state index contributed by atoms with van der Waals surface area (Å²) in [7, 11) is -3.24. The number of rotatable bonds is 2. The molecule has 0 atom stereocenters. The van der Waals surface area contributed by atoms with Gasteiger partial charge >= 0.3 is 0 Å². The van der Waals surface area contributed by atoms with Crippen LogP contribution >= 0.6 is 0 Å². The Bertz CT molecular complexity index is 660. The molecule has 18 heavy (non-hydrogen) atoms. The van der Waals surface area contributed by atoms with Gasteiger partial charge in [-0.3, -0.25) is 4.98 Å². The predicted octanol–water partition coefficient (Wildman–Crippen LogP) is 0.833. The summed E-state index contributed by atoms with van der Waals surface area (Å²) in [6.07, 6.45) is 2.44. The zero-order valence-corrected chi connectivity index (χ0v) is 10.8. The fourth-order valence-electron chi connectivity index (χ4n) is 1.47. The van der Waals surface area contributed by atoms with E-state index in [1.165, 1.54) is 12.3 Å². The van der Waals surface area contributed by atoms with Crippen LogP contribution in [0.4, 0.5) is 5.95 Å². The molecule has 0 bridgehead atoms. The molecular formula is C11H12N4O2S. The Hall–Kier alpha value is -2.02. The van der Waals surface area contributed by atoms with E-state index >= 15 is 0 Å². The molecule has 2 N–H and O–H groups in total. The first-order valence-electron chi connectivity index (χ1n) is 5.14. The molecule has 0 radical (unpaired) electrons. The maximum absolute atomic E-state index is 11.3. The van der Waals surface area contributed by atoms with Gasteiger partial charge in [-0.05, 0) is 25.1 Å². The Balaban J connectivity index is 2.46. The van der Waals surface area contributed by atoms with E-state index in [0.29, 0.717) is 11.4 Å². The maximum Gasteiger partial charge on any atom is 0.220 e. The highest BCUT2D eigenvalue weighted by Gasteiger charge is 2.09. The molecule has 0 fully saturated rings. The summed E-state index contributed by atoms with van der Waals surface area (Å²) in [5.41, 5.74) is 7.40. The van der Waals surface area contributed by atoms with Crippen LogP contribution in [0.3, 0.4) is 0 Å². The average molecular weight is 264 g/mol. The zero-order chi connectivity index (χ0) is 13.3. The van der Waals surface area contributed by atoms with E-state index in [2.05, 4.69) is 15.0 Å². The van der Waals surface area contributed by atoms with E-state index in [-0.39, 0.29) is 10.8 Å². The van der Waals surface area contributed by atoms with E-state index in [4.69, 9.17) is 5.73 Å². The fourth-order valence-corrected chi connectivity index (χ4v) is 2.03. The van der Waals surface area contributed by atoms with Gasteiger partial charge in [-0.25, -0.2) is 18.4 Å². The molecule has 0 aliphatic heterocycles. The molecule has 0 amide bonds. The lowest BCUT2D eigenvalue weighted by Gasteiger charge is -2.03. The number of nitrogens with zero attached hydrogens (tertiary/aromatic N) is 3. The van der Waals surface area contributed by atoms with Crippen LogP contribution in [0.15, 0.2) is 29.3 Å². The molecule has 0 aliphatic carbocycles. The van der Waals surface area contributed by atoms with Crippen molar-refractivity contribution in [3.05, 3.63) is 30.1 Å². The monoisotopic (exact) mass is 264 g/mol. The summed E-state index contributed by atoms with van der Waals surface area (Å²) in [6.45, 7) is 1.80. The van der Waals surface area contributed by atoms with E-state index in [0.717, 1.165) is 11.9 Å². The summed E-state index contributed by atoms with van der Waals surface area (Å²) in [6, 6.07) is 4.82. The van der Waals surface area contributed by atoms with Crippen molar-refractivity contribution in [1.82, 2.24) is 15.0 Å². The van der Waals surface area contributed by atoms with Crippen molar-refractivity contribution in [2.75, 3.05) is 12.0 Å². The highest BCUT2D eigenvalue weighted by molar-refractivity contribution is 7.90. The Labute approximate surface area is 105 Å². The quantitative estimate of drug-likeness (QED) is 0.862.